The van der Waals surface area contributed by atoms with Crippen LogP contribution in [0.4, 0.5) is 0 Å². The van der Waals surface area contributed by atoms with E-state index in [0.29, 0.717) is 30.8 Å². The minimum Gasteiger partial charge on any atom is -0.333 e. The number of nitrogens with zero attached hydrogens (tertiary/aromatic N) is 2. The average molecular weight is 365 g/mol. The van der Waals surface area contributed by atoms with Crippen LogP contribution in [0.3, 0.4) is 0 Å². The molecule has 7 heteroatoms. The summed E-state index contributed by atoms with van der Waals surface area (Å²) in [5.74, 6) is -0.0934. The maximum absolute atomic E-state index is 13.0. The highest BCUT2D eigenvalue weighted by Crippen LogP contribution is 2.25. The fourth-order valence-electron chi connectivity index (χ4n) is 3.56. The molecule has 138 valence electrons. The first-order chi connectivity index (χ1) is 11.9. The molecule has 2 heterocycles. The van der Waals surface area contributed by atoms with Crippen molar-refractivity contribution in [1.82, 2.24) is 14.5 Å². The zero-order chi connectivity index (χ0) is 18.0. The van der Waals surface area contributed by atoms with E-state index >= 15 is 0 Å². The van der Waals surface area contributed by atoms with Gasteiger partial charge in [0.1, 0.15) is 0 Å². The maximum atomic E-state index is 13.0. The lowest BCUT2D eigenvalue weighted by atomic mass is 10.1. The van der Waals surface area contributed by atoms with Crippen molar-refractivity contribution >= 4 is 15.9 Å². The molecule has 3 rings (SSSR count). The molecule has 1 aromatic carbocycles. The van der Waals surface area contributed by atoms with Crippen LogP contribution < -0.4 is 5.32 Å². The molecule has 2 aliphatic rings. The summed E-state index contributed by atoms with van der Waals surface area (Å²) in [6.45, 7) is 7.09. The lowest BCUT2D eigenvalue weighted by molar-refractivity contribution is 0.0655. The zero-order valence-electron chi connectivity index (χ0n) is 15.0. The van der Waals surface area contributed by atoms with Gasteiger partial charge >= 0.3 is 0 Å². The van der Waals surface area contributed by atoms with Crippen LogP contribution in [-0.4, -0.2) is 62.3 Å². The molecular weight excluding hydrogens is 338 g/mol. The van der Waals surface area contributed by atoms with E-state index in [4.69, 9.17) is 0 Å². The Hall–Kier alpha value is -1.44. The van der Waals surface area contributed by atoms with Gasteiger partial charge in [0.05, 0.1) is 4.90 Å². The molecule has 0 bridgehead atoms. The van der Waals surface area contributed by atoms with Crippen molar-refractivity contribution in [1.29, 1.82) is 0 Å². The largest absolute Gasteiger partial charge is 0.333 e. The molecule has 1 aromatic rings. The van der Waals surface area contributed by atoms with Gasteiger partial charge in [0.15, 0.2) is 0 Å². The molecule has 0 aromatic heterocycles. The van der Waals surface area contributed by atoms with Gasteiger partial charge in [0.2, 0.25) is 10.0 Å². The molecule has 6 nitrogen and oxygen atoms in total. The molecule has 0 radical (unpaired) electrons. The van der Waals surface area contributed by atoms with Gasteiger partial charge in [-0.1, -0.05) is 12.5 Å². The molecule has 2 fully saturated rings. The summed E-state index contributed by atoms with van der Waals surface area (Å²) in [6, 6.07) is 5.15. The van der Waals surface area contributed by atoms with Gasteiger partial charge in [-0.2, -0.15) is 4.31 Å². The highest BCUT2D eigenvalue weighted by molar-refractivity contribution is 7.89. The summed E-state index contributed by atoms with van der Waals surface area (Å²) >= 11 is 0. The molecular formula is C18H27N3O3S. The Kier molecular flexibility index (Phi) is 5.46. The van der Waals surface area contributed by atoms with Crippen molar-refractivity contribution in [2.45, 2.75) is 44.0 Å². The van der Waals surface area contributed by atoms with E-state index in [1.54, 1.807) is 29.4 Å². The second-order valence-electron chi connectivity index (χ2n) is 7.00. The zero-order valence-corrected chi connectivity index (χ0v) is 15.8. The number of sulfonamides is 1. The SMILES string of the molecule is Cc1ccc(C(=O)N2CCNC[C@H]2C)cc1S(=O)(=O)N1CCCCC1. The van der Waals surface area contributed by atoms with Gasteiger partial charge in [-0.3, -0.25) is 4.79 Å². The van der Waals surface area contributed by atoms with E-state index in [1.165, 1.54) is 0 Å². The van der Waals surface area contributed by atoms with Gasteiger partial charge in [0, 0.05) is 44.3 Å². The number of piperidine rings is 1. The van der Waals surface area contributed by atoms with Crippen LogP contribution in [0.25, 0.3) is 0 Å². The number of benzene rings is 1. The Labute approximate surface area is 150 Å². The summed E-state index contributed by atoms with van der Waals surface area (Å²) in [5.41, 5.74) is 1.14. The normalized spacial score (nSPS) is 22.8. The predicted molar refractivity (Wildman–Crippen MR) is 97.2 cm³/mol. The number of rotatable bonds is 3. The maximum Gasteiger partial charge on any atom is 0.254 e. The number of nitrogens with one attached hydrogen (secondary N) is 1. The van der Waals surface area contributed by atoms with Gasteiger partial charge < -0.3 is 10.2 Å². The first kappa shape index (κ1) is 18.4. The average Bonchev–Trinajstić information content (AvgIpc) is 2.62. The molecule has 2 aliphatic heterocycles. The fraction of sp³-hybridized carbons (Fsp3) is 0.611. The van der Waals surface area contributed by atoms with E-state index in [2.05, 4.69) is 5.32 Å². The molecule has 2 saturated heterocycles. The number of hydrogen-bond donors (Lipinski definition) is 1. The topological polar surface area (TPSA) is 69.7 Å². The van der Waals surface area contributed by atoms with Crippen molar-refractivity contribution in [2.24, 2.45) is 0 Å². The number of carbonyl (C=O) groups is 1. The number of piperazine rings is 1. The van der Waals surface area contributed by atoms with Crippen LogP contribution in [0.15, 0.2) is 23.1 Å². The second-order valence-corrected chi connectivity index (χ2v) is 8.90. The summed E-state index contributed by atoms with van der Waals surface area (Å²) in [4.78, 5) is 15.0. The van der Waals surface area contributed by atoms with E-state index in [9.17, 15) is 13.2 Å². The van der Waals surface area contributed by atoms with Gasteiger partial charge in [-0.25, -0.2) is 8.42 Å². The van der Waals surface area contributed by atoms with Crippen LogP contribution in [0.1, 0.15) is 42.1 Å². The number of amides is 1. The van der Waals surface area contributed by atoms with E-state index < -0.39 is 10.0 Å². The van der Waals surface area contributed by atoms with Gasteiger partial charge in [-0.15, -0.1) is 0 Å². The lowest BCUT2D eigenvalue weighted by Gasteiger charge is -2.34. The minimum atomic E-state index is -3.54. The van der Waals surface area contributed by atoms with Crippen molar-refractivity contribution in [3.05, 3.63) is 29.3 Å². The third-order valence-electron chi connectivity index (χ3n) is 5.13. The summed E-state index contributed by atoms with van der Waals surface area (Å²) in [7, 11) is -3.54. The van der Waals surface area contributed by atoms with Crippen molar-refractivity contribution in [3.8, 4) is 0 Å². The Morgan fingerprint density at radius 1 is 1.16 bits per heavy atom. The minimum absolute atomic E-state index is 0.0934. The Bertz CT molecular complexity index is 742. The van der Waals surface area contributed by atoms with Gasteiger partial charge in [0.25, 0.3) is 5.91 Å². The second kappa shape index (κ2) is 7.43. The van der Waals surface area contributed by atoms with Crippen LogP contribution in [0.5, 0.6) is 0 Å². The van der Waals surface area contributed by atoms with E-state index in [-0.39, 0.29) is 16.8 Å². The smallest absolute Gasteiger partial charge is 0.254 e. The van der Waals surface area contributed by atoms with Gasteiger partial charge in [-0.05, 0) is 44.4 Å². The first-order valence-electron chi connectivity index (χ1n) is 9.04. The van der Waals surface area contributed by atoms with Crippen LogP contribution in [-0.2, 0) is 10.0 Å². The van der Waals surface area contributed by atoms with E-state index in [0.717, 1.165) is 32.4 Å². The number of hydrogen-bond acceptors (Lipinski definition) is 4. The lowest BCUT2D eigenvalue weighted by Crippen LogP contribution is -2.52. The van der Waals surface area contributed by atoms with E-state index in [1.807, 2.05) is 11.8 Å². The van der Waals surface area contributed by atoms with Crippen molar-refractivity contribution in [2.75, 3.05) is 32.7 Å². The molecule has 0 aliphatic carbocycles. The predicted octanol–water partition coefficient (Wildman–Crippen LogP) is 1.60. The molecule has 25 heavy (non-hydrogen) atoms. The summed E-state index contributed by atoms with van der Waals surface area (Å²) in [5, 5.41) is 3.26. The van der Waals surface area contributed by atoms with Crippen LogP contribution >= 0.6 is 0 Å². The Balaban J connectivity index is 1.91. The monoisotopic (exact) mass is 365 g/mol. The quantitative estimate of drug-likeness (QED) is 0.883. The van der Waals surface area contributed by atoms with Crippen molar-refractivity contribution in [3.63, 3.8) is 0 Å². The molecule has 0 spiro atoms. The first-order valence-corrected chi connectivity index (χ1v) is 10.5. The molecule has 1 amide bonds. The summed E-state index contributed by atoms with van der Waals surface area (Å²) in [6.07, 6.45) is 2.87. The van der Waals surface area contributed by atoms with Crippen LogP contribution in [0.2, 0.25) is 0 Å². The summed E-state index contributed by atoms with van der Waals surface area (Å²) < 4.78 is 27.6. The highest BCUT2D eigenvalue weighted by Gasteiger charge is 2.29. The molecule has 0 saturated carbocycles. The number of aryl methyl sites for hydroxylation is 1. The third-order valence-corrected chi connectivity index (χ3v) is 7.17. The third kappa shape index (κ3) is 3.73. The van der Waals surface area contributed by atoms with Crippen LogP contribution in [0, 0.1) is 6.92 Å². The molecule has 1 N–H and O–H groups in total. The standard InChI is InChI=1S/C18H27N3O3S/c1-14-6-7-16(18(22)21-11-8-19-13-15(21)2)12-17(14)25(23,24)20-9-4-3-5-10-20/h6-7,12,15,19H,3-5,8-11,13H2,1-2H3/t15-/m1/s1. The molecule has 1 atom stereocenters. The van der Waals surface area contributed by atoms with Crippen molar-refractivity contribution < 1.29 is 13.2 Å². The Morgan fingerprint density at radius 3 is 2.56 bits per heavy atom. The Morgan fingerprint density at radius 2 is 1.88 bits per heavy atom. The fourth-order valence-corrected chi connectivity index (χ4v) is 5.33. The number of carbonyl (C=O) groups excluding carboxylic acids is 1. The molecule has 0 unspecified atom stereocenters. The highest BCUT2D eigenvalue weighted by atomic mass is 32.2.